The monoisotopic (exact) mass is 405 g/mol. The Morgan fingerprint density at radius 1 is 1.03 bits per heavy atom. The third-order valence-electron chi connectivity index (χ3n) is 4.72. The first-order valence-corrected chi connectivity index (χ1v) is 9.63. The molecule has 0 atom stereocenters. The summed E-state index contributed by atoms with van der Waals surface area (Å²) < 4.78 is 7.10. The average molecular weight is 406 g/mol. The molecule has 5 nitrogen and oxygen atoms in total. The van der Waals surface area contributed by atoms with Crippen LogP contribution in [0.25, 0.3) is 11.0 Å². The molecule has 1 heterocycles. The van der Waals surface area contributed by atoms with Gasteiger partial charge in [-0.05, 0) is 48.0 Å². The van der Waals surface area contributed by atoms with E-state index in [-0.39, 0.29) is 12.5 Å². The molecule has 0 aliphatic rings. The van der Waals surface area contributed by atoms with Crippen molar-refractivity contribution in [3.05, 3.63) is 89.2 Å². The molecule has 29 heavy (non-hydrogen) atoms. The van der Waals surface area contributed by atoms with Crippen molar-refractivity contribution in [2.75, 3.05) is 12.4 Å². The van der Waals surface area contributed by atoms with Crippen LogP contribution < -0.4 is 10.1 Å². The highest BCUT2D eigenvalue weighted by molar-refractivity contribution is 6.31. The van der Waals surface area contributed by atoms with Gasteiger partial charge in [0.1, 0.15) is 18.1 Å². The number of hydrogen-bond acceptors (Lipinski definition) is 3. The predicted octanol–water partition coefficient (Wildman–Crippen LogP) is 4.93. The van der Waals surface area contributed by atoms with Gasteiger partial charge in [-0.25, -0.2) is 4.98 Å². The molecule has 0 aliphatic heterocycles. The molecular formula is C23H20ClN3O2. The molecule has 3 aromatic carbocycles. The van der Waals surface area contributed by atoms with Crippen molar-refractivity contribution in [3.8, 4) is 5.75 Å². The first-order valence-electron chi connectivity index (χ1n) is 9.25. The fourth-order valence-corrected chi connectivity index (χ4v) is 3.47. The van der Waals surface area contributed by atoms with Crippen molar-refractivity contribution in [3.63, 3.8) is 0 Å². The molecule has 1 N–H and O–H groups in total. The van der Waals surface area contributed by atoms with Crippen LogP contribution in [0.1, 0.15) is 11.4 Å². The summed E-state index contributed by atoms with van der Waals surface area (Å²) in [6, 6.07) is 22.7. The predicted molar refractivity (Wildman–Crippen MR) is 116 cm³/mol. The third kappa shape index (κ3) is 4.25. The minimum atomic E-state index is -0.126. The zero-order valence-corrected chi connectivity index (χ0v) is 16.7. The number of benzene rings is 3. The summed E-state index contributed by atoms with van der Waals surface area (Å²) in [5, 5.41) is 3.62. The number of hydrogen-bond donors (Lipinski definition) is 1. The van der Waals surface area contributed by atoms with Crippen molar-refractivity contribution < 1.29 is 9.53 Å². The minimum absolute atomic E-state index is 0.126. The molecule has 1 aromatic heterocycles. The van der Waals surface area contributed by atoms with Crippen LogP contribution >= 0.6 is 11.6 Å². The van der Waals surface area contributed by atoms with Gasteiger partial charge in [0.2, 0.25) is 5.91 Å². The van der Waals surface area contributed by atoms with Crippen molar-refractivity contribution in [2.45, 2.75) is 13.0 Å². The number of nitrogens with zero attached hydrogens (tertiary/aromatic N) is 2. The molecule has 6 heteroatoms. The van der Waals surface area contributed by atoms with Gasteiger partial charge in [-0.15, -0.1) is 0 Å². The fraction of sp³-hybridized carbons (Fsp3) is 0.130. The lowest BCUT2D eigenvalue weighted by molar-refractivity contribution is -0.116. The Bertz CT molecular complexity index is 1150. The molecule has 0 saturated heterocycles. The molecule has 0 fully saturated rings. The summed E-state index contributed by atoms with van der Waals surface area (Å²) in [5.41, 5.74) is 3.46. The maximum atomic E-state index is 12.7. The van der Waals surface area contributed by atoms with Gasteiger partial charge in [-0.3, -0.25) is 4.79 Å². The quantitative estimate of drug-likeness (QED) is 0.495. The molecule has 0 bridgehead atoms. The van der Waals surface area contributed by atoms with Gasteiger partial charge in [-0.1, -0.05) is 41.9 Å². The van der Waals surface area contributed by atoms with E-state index in [2.05, 4.69) is 5.32 Å². The molecule has 0 saturated carbocycles. The summed E-state index contributed by atoms with van der Waals surface area (Å²) in [7, 11) is 1.61. The summed E-state index contributed by atoms with van der Waals surface area (Å²) in [6.07, 6.45) is 0.546. The van der Waals surface area contributed by atoms with Crippen LogP contribution in [0.15, 0.2) is 72.8 Å². The Hall–Kier alpha value is -3.31. The molecule has 146 valence electrons. The molecular weight excluding hydrogens is 386 g/mol. The highest BCUT2D eigenvalue weighted by Gasteiger charge is 2.15. The topological polar surface area (TPSA) is 56.1 Å². The van der Waals surface area contributed by atoms with Crippen molar-refractivity contribution in [2.24, 2.45) is 0 Å². The number of fused-ring (bicyclic) bond motifs is 1. The standard InChI is InChI=1S/C23H20ClN3O2/c1-29-18-12-10-17(11-13-18)25-23(28)15-27-21-9-5-4-8-20(21)26-22(27)14-16-6-2-3-7-19(16)24/h2-13H,14-15H2,1H3,(H,25,28). The van der Waals surface area contributed by atoms with Crippen LogP contribution in [0.3, 0.4) is 0 Å². The molecule has 4 aromatic rings. The molecule has 0 spiro atoms. The van der Waals surface area contributed by atoms with E-state index in [4.69, 9.17) is 21.3 Å². The number of carbonyl (C=O) groups excluding carboxylic acids is 1. The van der Waals surface area contributed by atoms with Gasteiger partial charge >= 0.3 is 0 Å². The third-order valence-corrected chi connectivity index (χ3v) is 5.08. The number of ether oxygens (including phenoxy) is 1. The van der Waals surface area contributed by atoms with Crippen molar-refractivity contribution in [1.29, 1.82) is 0 Å². The number of nitrogens with one attached hydrogen (secondary N) is 1. The Kier molecular flexibility index (Phi) is 5.49. The number of carbonyl (C=O) groups is 1. The van der Waals surface area contributed by atoms with Gasteiger partial charge in [-0.2, -0.15) is 0 Å². The Morgan fingerprint density at radius 2 is 1.76 bits per heavy atom. The second-order valence-electron chi connectivity index (χ2n) is 6.65. The van der Waals surface area contributed by atoms with E-state index in [1.807, 2.05) is 77.4 Å². The van der Waals surface area contributed by atoms with E-state index in [1.165, 1.54) is 0 Å². The Labute approximate surface area is 173 Å². The van der Waals surface area contributed by atoms with Gasteiger partial charge < -0.3 is 14.6 Å². The summed E-state index contributed by atoms with van der Waals surface area (Å²) in [5.74, 6) is 1.41. The van der Waals surface area contributed by atoms with E-state index < -0.39 is 0 Å². The SMILES string of the molecule is COc1ccc(NC(=O)Cn2c(Cc3ccccc3Cl)nc3ccccc32)cc1. The van der Waals surface area contributed by atoms with E-state index in [9.17, 15) is 4.79 Å². The number of rotatable bonds is 6. The molecule has 1 amide bonds. The maximum Gasteiger partial charge on any atom is 0.244 e. The summed E-state index contributed by atoms with van der Waals surface area (Å²) in [6.45, 7) is 0.159. The number of aromatic nitrogens is 2. The second kappa shape index (κ2) is 8.37. The second-order valence-corrected chi connectivity index (χ2v) is 7.05. The normalized spacial score (nSPS) is 10.8. The van der Waals surface area contributed by atoms with Gasteiger partial charge in [0.05, 0.1) is 18.1 Å². The van der Waals surface area contributed by atoms with Gasteiger partial charge in [0.15, 0.2) is 0 Å². The van der Waals surface area contributed by atoms with Crippen molar-refractivity contribution >= 4 is 34.2 Å². The smallest absolute Gasteiger partial charge is 0.244 e. The zero-order valence-electron chi connectivity index (χ0n) is 15.9. The van der Waals surface area contributed by atoms with Crippen LogP contribution in [0.4, 0.5) is 5.69 Å². The number of anilines is 1. The summed E-state index contributed by atoms with van der Waals surface area (Å²) >= 11 is 6.34. The highest BCUT2D eigenvalue weighted by atomic mass is 35.5. The summed E-state index contributed by atoms with van der Waals surface area (Å²) in [4.78, 5) is 17.5. The van der Waals surface area contributed by atoms with Crippen LogP contribution in [-0.2, 0) is 17.8 Å². The van der Waals surface area contributed by atoms with E-state index in [1.54, 1.807) is 7.11 Å². The fourth-order valence-electron chi connectivity index (χ4n) is 3.27. The lowest BCUT2D eigenvalue weighted by Gasteiger charge is -2.11. The number of para-hydroxylation sites is 2. The molecule has 0 radical (unpaired) electrons. The number of methoxy groups -OCH3 is 1. The first kappa shape index (κ1) is 19.0. The Balaban J connectivity index is 1.61. The van der Waals surface area contributed by atoms with Crippen molar-refractivity contribution in [1.82, 2.24) is 9.55 Å². The van der Waals surface area contributed by atoms with Crippen LogP contribution in [-0.4, -0.2) is 22.6 Å². The zero-order chi connectivity index (χ0) is 20.2. The largest absolute Gasteiger partial charge is 0.497 e. The molecule has 4 rings (SSSR count). The van der Waals surface area contributed by atoms with Crippen LogP contribution in [0.2, 0.25) is 5.02 Å². The number of imidazole rings is 1. The van der Waals surface area contributed by atoms with E-state index >= 15 is 0 Å². The first-order chi connectivity index (χ1) is 14.1. The van der Waals surface area contributed by atoms with Crippen LogP contribution in [0.5, 0.6) is 5.75 Å². The lowest BCUT2D eigenvalue weighted by Crippen LogP contribution is -2.20. The number of amides is 1. The van der Waals surface area contributed by atoms with Gasteiger partial charge in [0, 0.05) is 17.1 Å². The van der Waals surface area contributed by atoms with E-state index in [0.717, 1.165) is 28.2 Å². The number of halogens is 1. The van der Waals surface area contributed by atoms with Gasteiger partial charge in [0.25, 0.3) is 0 Å². The molecule has 0 aliphatic carbocycles. The maximum absolute atomic E-state index is 12.7. The van der Waals surface area contributed by atoms with Crippen LogP contribution in [0, 0.1) is 0 Å². The Morgan fingerprint density at radius 3 is 2.52 bits per heavy atom. The average Bonchev–Trinajstić information content (AvgIpc) is 3.07. The molecule has 0 unspecified atom stereocenters. The van der Waals surface area contributed by atoms with E-state index in [0.29, 0.717) is 17.1 Å². The lowest BCUT2D eigenvalue weighted by atomic mass is 10.1. The highest BCUT2D eigenvalue weighted by Crippen LogP contribution is 2.23. The minimum Gasteiger partial charge on any atom is -0.497 e.